The van der Waals surface area contributed by atoms with E-state index in [0.29, 0.717) is 6.54 Å². The van der Waals surface area contributed by atoms with Gasteiger partial charge in [-0.05, 0) is 31.0 Å². The summed E-state index contributed by atoms with van der Waals surface area (Å²) in [5, 5.41) is 9.86. The number of carbonyl (C=O) groups excluding carboxylic acids is 2. The van der Waals surface area contributed by atoms with Crippen LogP contribution in [0.25, 0.3) is 0 Å². The van der Waals surface area contributed by atoms with Crippen molar-refractivity contribution in [2.45, 2.75) is 19.3 Å². The number of rotatable bonds is 3. The van der Waals surface area contributed by atoms with Gasteiger partial charge in [-0.1, -0.05) is 12.5 Å². The number of fused-ring (bicyclic) bond motifs is 1. The predicted octanol–water partition coefficient (Wildman–Crippen LogP) is 1.61. The largest absolute Gasteiger partial charge is 0.481 e. The van der Waals surface area contributed by atoms with Crippen LogP contribution in [0.1, 0.15) is 29.6 Å². The average Bonchev–Trinajstić information content (AvgIpc) is 3.07. The van der Waals surface area contributed by atoms with Crippen LogP contribution in [-0.2, 0) is 9.59 Å². The molecular weight excluding hydrogens is 339 g/mol. The Labute approximate surface area is 150 Å². The van der Waals surface area contributed by atoms with Crippen molar-refractivity contribution in [2.75, 3.05) is 26.2 Å². The van der Waals surface area contributed by atoms with E-state index in [4.69, 9.17) is 0 Å². The Kier molecular flexibility index (Phi) is 3.97. The predicted molar refractivity (Wildman–Crippen MR) is 89.8 cm³/mol. The standard InChI is InChI=1S/C19H21FN2O4/c20-15-6-2-5-13(7-15)17(24)22-9-14-8-21(16(23)12-3-1-4-12)10-19(14,11-22)18(25)26/h2,5-7,12,14H,1,3-4,8-11H2,(H,25,26)/t14-,19-/m1/s1. The van der Waals surface area contributed by atoms with Crippen molar-refractivity contribution in [1.82, 2.24) is 9.80 Å². The molecule has 1 aromatic carbocycles. The number of benzene rings is 1. The second-order valence-corrected chi connectivity index (χ2v) is 7.70. The Morgan fingerprint density at radius 2 is 1.81 bits per heavy atom. The van der Waals surface area contributed by atoms with Crippen LogP contribution in [0.5, 0.6) is 0 Å². The van der Waals surface area contributed by atoms with Crippen LogP contribution >= 0.6 is 0 Å². The molecule has 2 heterocycles. The Morgan fingerprint density at radius 1 is 1.12 bits per heavy atom. The monoisotopic (exact) mass is 360 g/mol. The summed E-state index contributed by atoms with van der Waals surface area (Å²) < 4.78 is 13.4. The van der Waals surface area contributed by atoms with Crippen molar-refractivity contribution in [3.8, 4) is 0 Å². The quantitative estimate of drug-likeness (QED) is 0.888. The van der Waals surface area contributed by atoms with Gasteiger partial charge in [-0.2, -0.15) is 0 Å². The maximum atomic E-state index is 13.4. The topological polar surface area (TPSA) is 77.9 Å². The summed E-state index contributed by atoms with van der Waals surface area (Å²) >= 11 is 0. The van der Waals surface area contributed by atoms with Crippen LogP contribution in [0.2, 0.25) is 0 Å². The zero-order valence-electron chi connectivity index (χ0n) is 14.4. The molecule has 0 unspecified atom stereocenters. The molecule has 1 saturated carbocycles. The average molecular weight is 360 g/mol. The van der Waals surface area contributed by atoms with Crippen LogP contribution < -0.4 is 0 Å². The second-order valence-electron chi connectivity index (χ2n) is 7.70. The number of halogens is 1. The number of amides is 2. The fourth-order valence-electron chi connectivity index (χ4n) is 4.41. The summed E-state index contributed by atoms with van der Waals surface area (Å²) in [4.78, 5) is 40.4. The van der Waals surface area contributed by atoms with E-state index in [9.17, 15) is 23.9 Å². The second kappa shape index (κ2) is 6.07. The van der Waals surface area contributed by atoms with Gasteiger partial charge in [0.1, 0.15) is 11.2 Å². The van der Waals surface area contributed by atoms with Crippen molar-refractivity contribution in [3.05, 3.63) is 35.6 Å². The van der Waals surface area contributed by atoms with Gasteiger partial charge in [-0.15, -0.1) is 0 Å². The van der Waals surface area contributed by atoms with Crippen molar-refractivity contribution < 1.29 is 23.9 Å². The van der Waals surface area contributed by atoms with Gasteiger partial charge in [0.25, 0.3) is 5.91 Å². The van der Waals surface area contributed by atoms with E-state index < -0.39 is 17.2 Å². The summed E-state index contributed by atoms with van der Waals surface area (Å²) in [6.07, 6.45) is 2.81. The van der Waals surface area contributed by atoms with E-state index in [1.54, 1.807) is 4.90 Å². The molecule has 0 bridgehead atoms. The number of carboxylic acids is 1. The third-order valence-electron chi connectivity index (χ3n) is 6.16. The molecule has 1 aromatic rings. The van der Waals surface area contributed by atoms with Crippen molar-refractivity contribution in [2.24, 2.45) is 17.3 Å². The van der Waals surface area contributed by atoms with E-state index in [2.05, 4.69) is 0 Å². The molecule has 26 heavy (non-hydrogen) atoms. The molecule has 2 aliphatic heterocycles. The SMILES string of the molecule is O=C(c1cccc(F)c1)N1C[C@H]2CN(C(=O)C3CCC3)C[C@@]2(C(=O)O)C1. The molecule has 0 radical (unpaired) electrons. The van der Waals surface area contributed by atoms with Gasteiger partial charge in [0.15, 0.2) is 0 Å². The van der Waals surface area contributed by atoms with Crippen molar-refractivity contribution in [1.29, 1.82) is 0 Å². The summed E-state index contributed by atoms with van der Waals surface area (Å²) in [6.45, 7) is 0.844. The van der Waals surface area contributed by atoms with Crippen LogP contribution in [0, 0.1) is 23.1 Å². The van der Waals surface area contributed by atoms with Gasteiger partial charge in [0, 0.05) is 43.6 Å². The number of likely N-dealkylation sites (tertiary alicyclic amines) is 2. The fourth-order valence-corrected chi connectivity index (χ4v) is 4.41. The molecule has 3 fully saturated rings. The Bertz CT molecular complexity index is 779. The first-order valence-electron chi connectivity index (χ1n) is 8.98. The van der Waals surface area contributed by atoms with E-state index in [1.165, 1.54) is 23.1 Å². The Balaban J connectivity index is 1.52. The highest BCUT2D eigenvalue weighted by atomic mass is 19.1. The first kappa shape index (κ1) is 17.0. The lowest BCUT2D eigenvalue weighted by molar-refractivity contribution is -0.149. The molecule has 3 aliphatic rings. The molecule has 4 rings (SSSR count). The number of hydrogen-bond acceptors (Lipinski definition) is 3. The Morgan fingerprint density at radius 3 is 2.38 bits per heavy atom. The molecule has 1 N–H and O–H groups in total. The molecule has 0 aromatic heterocycles. The van der Waals surface area contributed by atoms with Gasteiger partial charge in [-0.3, -0.25) is 14.4 Å². The molecular formula is C19H21FN2O4. The molecule has 2 saturated heterocycles. The lowest BCUT2D eigenvalue weighted by Crippen LogP contribution is -2.44. The van der Waals surface area contributed by atoms with Gasteiger partial charge >= 0.3 is 5.97 Å². The Hall–Kier alpha value is -2.44. The zero-order chi connectivity index (χ0) is 18.5. The maximum Gasteiger partial charge on any atom is 0.313 e. The molecule has 6 nitrogen and oxygen atoms in total. The third-order valence-corrected chi connectivity index (χ3v) is 6.16. The number of aliphatic carboxylic acids is 1. The number of hydrogen-bond donors (Lipinski definition) is 1. The first-order valence-corrected chi connectivity index (χ1v) is 8.98. The van der Waals surface area contributed by atoms with Crippen LogP contribution in [0.3, 0.4) is 0 Å². The number of carboxylic acid groups (broad SMARTS) is 1. The van der Waals surface area contributed by atoms with Gasteiger partial charge in [0.05, 0.1) is 0 Å². The summed E-state index contributed by atoms with van der Waals surface area (Å²) in [5.74, 6) is -2.04. The number of nitrogens with zero attached hydrogens (tertiary/aromatic N) is 2. The minimum absolute atomic E-state index is 0.0321. The molecule has 7 heteroatoms. The minimum Gasteiger partial charge on any atom is -0.481 e. The number of carbonyl (C=O) groups is 3. The zero-order valence-corrected chi connectivity index (χ0v) is 14.4. The highest BCUT2D eigenvalue weighted by molar-refractivity contribution is 5.95. The van der Waals surface area contributed by atoms with E-state index in [0.717, 1.165) is 25.3 Å². The highest BCUT2D eigenvalue weighted by Gasteiger charge is 2.59. The maximum absolute atomic E-state index is 13.4. The van der Waals surface area contributed by atoms with Crippen molar-refractivity contribution >= 4 is 17.8 Å². The summed E-state index contributed by atoms with van der Waals surface area (Å²) in [6, 6.07) is 5.42. The lowest BCUT2D eigenvalue weighted by Gasteiger charge is -2.31. The summed E-state index contributed by atoms with van der Waals surface area (Å²) in [5.41, 5.74) is -0.907. The van der Waals surface area contributed by atoms with Gasteiger partial charge in [0.2, 0.25) is 5.91 Å². The molecule has 2 amide bonds. The van der Waals surface area contributed by atoms with E-state index in [1.807, 2.05) is 0 Å². The third kappa shape index (κ3) is 2.57. The highest BCUT2D eigenvalue weighted by Crippen LogP contribution is 2.44. The molecule has 138 valence electrons. The smallest absolute Gasteiger partial charge is 0.313 e. The van der Waals surface area contributed by atoms with E-state index >= 15 is 0 Å². The van der Waals surface area contributed by atoms with Crippen LogP contribution in [-0.4, -0.2) is 58.9 Å². The minimum atomic E-state index is -1.12. The van der Waals surface area contributed by atoms with Crippen LogP contribution in [0.4, 0.5) is 4.39 Å². The van der Waals surface area contributed by atoms with E-state index in [-0.39, 0.29) is 48.8 Å². The van der Waals surface area contributed by atoms with Gasteiger partial charge in [-0.25, -0.2) is 4.39 Å². The van der Waals surface area contributed by atoms with Gasteiger partial charge < -0.3 is 14.9 Å². The molecule has 0 spiro atoms. The lowest BCUT2D eigenvalue weighted by atomic mass is 9.81. The first-order chi connectivity index (χ1) is 12.4. The van der Waals surface area contributed by atoms with Crippen LogP contribution in [0.15, 0.2) is 24.3 Å². The fraction of sp³-hybridized carbons (Fsp3) is 0.526. The normalized spacial score (nSPS) is 28.0. The summed E-state index contributed by atoms with van der Waals surface area (Å²) in [7, 11) is 0. The molecule has 1 aliphatic carbocycles. The molecule has 2 atom stereocenters. The van der Waals surface area contributed by atoms with Crippen molar-refractivity contribution in [3.63, 3.8) is 0 Å².